The molecule has 0 radical (unpaired) electrons. The van der Waals surface area contributed by atoms with Crippen molar-refractivity contribution in [2.45, 2.75) is 6.42 Å². The number of anilines is 2. The third kappa shape index (κ3) is 2.76. The van der Waals surface area contributed by atoms with Crippen LogP contribution in [0.2, 0.25) is 0 Å². The third-order valence-electron chi connectivity index (χ3n) is 4.96. The molecule has 0 atom stereocenters. The molecule has 4 rings (SSSR count). The number of likely N-dealkylation sites (N-methyl/N-ethyl adjacent to an activating group) is 1. The van der Waals surface area contributed by atoms with E-state index < -0.39 is 0 Å². The lowest BCUT2D eigenvalue weighted by molar-refractivity contribution is 0.0663. The lowest BCUT2D eigenvalue weighted by Crippen LogP contribution is -2.47. The Hall–Kier alpha value is -2.40. The van der Waals surface area contributed by atoms with Crippen molar-refractivity contribution in [3.05, 3.63) is 53.9 Å². The second-order valence-electron chi connectivity index (χ2n) is 6.56. The van der Waals surface area contributed by atoms with E-state index in [0.29, 0.717) is 5.56 Å². The number of benzene rings is 1. The second-order valence-corrected chi connectivity index (χ2v) is 6.56. The Morgan fingerprint density at radius 2 is 1.83 bits per heavy atom. The number of para-hydroxylation sites is 1. The Morgan fingerprint density at radius 3 is 2.67 bits per heavy atom. The summed E-state index contributed by atoms with van der Waals surface area (Å²) < 4.78 is 0. The number of piperazine rings is 1. The molecule has 0 saturated carbocycles. The number of rotatable bonds is 2. The molecule has 1 aromatic heterocycles. The summed E-state index contributed by atoms with van der Waals surface area (Å²) in [5.41, 5.74) is 4.26. The van der Waals surface area contributed by atoms with E-state index in [1.807, 2.05) is 17.2 Å². The van der Waals surface area contributed by atoms with Crippen LogP contribution in [0.5, 0.6) is 0 Å². The van der Waals surface area contributed by atoms with Gasteiger partial charge < -0.3 is 14.7 Å². The SMILES string of the molecule is CN1CCN(C(=O)c2cncc(N3CCc4ccccc43)c2)CC1. The molecule has 2 aromatic rings. The van der Waals surface area contributed by atoms with Gasteiger partial charge in [0, 0.05) is 44.6 Å². The minimum atomic E-state index is 0.0879. The van der Waals surface area contributed by atoms with Crippen LogP contribution in [0.4, 0.5) is 11.4 Å². The fourth-order valence-electron chi connectivity index (χ4n) is 3.49. The van der Waals surface area contributed by atoms with Gasteiger partial charge in [-0.2, -0.15) is 0 Å². The maximum Gasteiger partial charge on any atom is 0.255 e. The molecule has 0 bridgehead atoms. The smallest absolute Gasteiger partial charge is 0.255 e. The first kappa shape index (κ1) is 15.1. The molecule has 5 heteroatoms. The van der Waals surface area contributed by atoms with Gasteiger partial charge in [0.2, 0.25) is 0 Å². The lowest BCUT2D eigenvalue weighted by atomic mass is 10.1. The highest BCUT2D eigenvalue weighted by atomic mass is 16.2. The normalized spacial score (nSPS) is 17.9. The van der Waals surface area contributed by atoms with Crippen molar-refractivity contribution in [3.8, 4) is 0 Å². The quantitative estimate of drug-likeness (QED) is 0.849. The molecule has 2 aliphatic rings. The molecule has 0 aliphatic carbocycles. The first-order valence-electron chi connectivity index (χ1n) is 8.51. The molecule has 24 heavy (non-hydrogen) atoms. The molecule has 1 saturated heterocycles. The monoisotopic (exact) mass is 322 g/mol. The Kier molecular flexibility index (Phi) is 3.94. The standard InChI is InChI=1S/C19H22N4O/c1-21-8-10-22(11-9-21)19(24)16-12-17(14-20-13-16)23-7-6-15-4-2-3-5-18(15)23/h2-5,12-14H,6-11H2,1H3. The van der Waals surface area contributed by atoms with Crippen LogP contribution in [0.15, 0.2) is 42.7 Å². The number of amides is 1. The van der Waals surface area contributed by atoms with Crippen molar-refractivity contribution < 1.29 is 4.79 Å². The molecule has 3 heterocycles. The number of fused-ring (bicyclic) bond motifs is 1. The van der Waals surface area contributed by atoms with E-state index in [1.165, 1.54) is 11.3 Å². The molecular formula is C19H22N4O. The molecule has 5 nitrogen and oxygen atoms in total. The van der Waals surface area contributed by atoms with Crippen LogP contribution in [-0.4, -0.2) is 60.5 Å². The summed E-state index contributed by atoms with van der Waals surface area (Å²) in [6.45, 7) is 4.36. The van der Waals surface area contributed by atoms with Gasteiger partial charge in [0.25, 0.3) is 5.91 Å². The van der Waals surface area contributed by atoms with Gasteiger partial charge in [0.05, 0.1) is 17.4 Å². The average molecular weight is 322 g/mol. The molecule has 0 N–H and O–H groups in total. The van der Waals surface area contributed by atoms with E-state index >= 15 is 0 Å². The predicted octanol–water partition coefficient (Wildman–Crippen LogP) is 2.16. The van der Waals surface area contributed by atoms with E-state index in [-0.39, 0.29) is 5.91 Å². The first-order chi connectivity index (χ1) is 11.7. The van der Waals surface area contributed by atoms with Gasteiger partial charge >= 0.3 is 0 Å². The number of carbonyl (C=O) groups excluding carboxylic acids is 1. The molecule has 1 fully saturated rings. The van der Waals surface area contributed by atoms with Gasteiger partial charge in [-0.25, -0.2) is 0 Å². The fraction of sp³-hybridized carbons (Fsp3) is 0.368. The first-order valence-corrected chi connectivity index (χ1v) is 8.51. The van der Waals surface area contributed by atoms with E-state index in [4.69, 9.17) is 0 Å². The molecule has 2 aliphatic heterocycles. The van der Waals surface area contributed by atoms with Crippen molar-refractivity contribution in [2.24, 2.45) is 0 Å². The van der Waals surface area contributed by atoms with Crippen molar-refractivity contribution in [3.63, 3.8) is 0 Å². The van der Waals surface area contributed by atoms with Gasteiger partial charge in [0.1, 0.15) is 0 Å². The van der Waals surface area contributed by atoms with Gasteiger partial charge in [-0.1, -0.05) is 18.2 Å². The molecule has 1 aromatic carbocycles. The van der Waals surface area contributed by atoms with E-state index in [1.54, 1.807) is 6.20 Å². The predicted molar refractivity (Wildman–Crippen MR) is 94.8 cm³/mol. The summed E-state index contributed by atoms with van der Waals surface area (Å²) in [4.78, 5) is 23.5. The third-order valence-corrected chi connectivity index (χ3v) is 4.96. The largest absolute Gasteiger partial charge is 0.340 e. The Labute approximate surface area is 142 Å². The van der Waals surface area contributed by atoms with Crippen molar-refractivity contribution in [2.75, 3.05) is 44.7 Å². The van der Waals surface area contributed by atoms with Gasteiger partial charge in [0.15, 0.2) is 0 Å². The summed E-state index contributed by atoms with van der Waals surface area (Å²) in [5, 5.41) is 0. The zero-order valence-electron chi connectivity index (χ0n) is 14.0. The van der Waals surface area contributed by atoms with Crippen LogP contribution >= 0.6 is 0 Å². The number of carbonyl (C=O) groups is 1. The number of hydrogen-bond acceptors (Lipinski definition) is 4. The Morgan fingerprint density at radius 1 is 1.04 bits per heavy atom. The van der Waals surface area contributed by atoms with Crippen LogP contribution in [0.3, 0.4) is 0 Å². The van der Waals surface area contributed by atoms with Gasteiger partial charge in [-0.15, -0.1) is 0 Å². The van der Waals surface area contributed by atoms with E-state index in [0.717, 1.165) is 44.8 Å². The van der Waals surface area contributed by atoms with Gasteiger partial charge in [-0.3, -0.25) is 9.78 Å². The van der Waals surface area contributed by atoms with Crippen LogP contribution in [0.25, 0.3) is 0 Å². The molecule has 1 amide bonds. The zero-order valence-corrected chi connectivity index (χ0v) is 14.0. The summed E-state index contributed by atoms with van der Waals surface area (Å²) in [7, 11) is 2.09. The fourth-order valence-corrected chi connectivity index (χ4v) is 3.49. The highest BCUT2D eigenvalue weighted by Crippen LogP contribution is 2.34. The van der Waals surface area contributed by atoms with Gasteiger partial charge in [-0.05, 0) is 31.2 Å². The van der Waals surface area contributed by atoms with Crippen LogP contribution in [-0.2, 0) is 6.42 Å². The molecular weight excluding hydrogens is 300 g/mol. The number of nitrogens with zero attached hydrogens (tertiary/aromatic N) is 4. The maximum atomic E-state index is 12.8. The van der Waals surface area contributed by atoms with Crippen LogP contribution < -0.4 is 4.90 Å². The minimum absolute atomic E-state index is 0.0879. The lowest BCUT2D eigenvalue weighted by Gasteiger charge is -2.32. The van der Waals surface area contributed by atoms with Crippen molar-refractivity contribution in [1.82, 2.24) is 14.8 Å². The summed E-state index contributed by atoms with van der Waals surface area (Å²) >= 11 is 0. The zero-order chi connectivity index (χ0) is 16.5. The summed E-state index contributed by atoms with van der Waals surface area (Å²) in [5.74, 6) is 0.0879. The average Bonchev–Trinajstić information content (AvgIpc) is 3.06. The number of aromatic nitrogens is 1. The summed E-state index contributed by atoms with van der Waals surface area (Å²) in [6.07, 6.45) is 4.57. The molecule has 0 spiro atoms. The highest BCUT2D eigenvalue weighted by Gasteiger charge is 2.23. The summed E-state index contributed by atoms with van der Waals surface area (Å²) in [6, 6.07) is 10.4. The second kappa shape index (κ2) is 6.24. The Bertz CT molecular complexity index is 753. The van der Waals surface area contributed by atoms with E-state index in [9.17, 15) is 4.79 Å². The number of pyridine rings is 1. The highest BCUT2D eigenvalue weighted by molar-refractivity contribution is 5.95. The molecule has 0 unspecified atom stereocenters. The topological polar surface area (TPSA) is 39.7 Å². The van der Waals surface area contributed by atoms with Crippen LogP contribution in [0, 0.1) is 0 Å². The van der Waals surface area contributed by atoms with Crippen molar-refractivity contribution in [1.29, 1.82) is 0 Å². The Balaban J connectivity index is 1.57. The minimum Gasteiger partial charge on any atom is -0.340 e. The van der Waals surface area contributed by atoms with E-state index in [2.05, 4.69) is 46.1 Å². The van der Waals surface area contributed by atoms with Crippen LogP contribution in [0.1, 0.15) is 15.9 Å². The maximum absolute atomic E-state index is 12.8. The van der Waals surface area contributed by atoms with Crippen molar-refractivity contribution >= 4 is 17.3 Å². The number of hydrogen-bond donors (Lipinski definition) is 0. The molecule has 124 valence electrons.